The summed E-state index contributed by atoms with van der Waals surface area (Å²) < 4.78 is 5.64. The van der Waals surface area contributed by atoms with Crippen molar-refractivity contribution in [2.45, 2.75) is 51.2 Å². The third kappa shape index (κ3) is 4.18. The van der Waals surface area contributed by atoms with E-state index in [-0.39, 0.29) is 24.1 Å². The van der Waals surface area contributed by atoms with E-state index >= 15 is 0 Å². The summed E-state index contributed by atoms with van der Waals surface area (Å²) in [7, 11) is 0. The zero-order chi connectivity index (χ0) is 14.4. The second-order valence-electron chi connectivity index (χ2n) is 5.19. The predicted octanol–water partition coefficient (Wildman–Crippen LogP) is 2.50. The van der Waals surface area contributed by atoms with Crippen LogP contribution >= 0.6 is 11.3 Å². The Morgan fingerprint density at radius 2 is 2.50 bits per heavy atom. The Morgan fingerprint density at radius 3 is 3.10 bits per heavy atom. The van der Waals surface area contributed by atoms with Crippen LogP contribution in [0.15, 0.2) is 11.6 Å². The van der Waals surface area contributed by atoms with Crippen molar-refractivity contribution in [3.63, 3.8) is 0 Å². The fraction of sp³-hybridized carbons (Fsp3) is 0.714. The molecule has 6 heteroatoms. The summed E-state index contributed by atoms with van der Waals surface area (Å²) in [4.78, 5) is 16.2. The van der Waals surface area contributed by atoms with Crippen LogP contribution in [0, 0.1) is 0 Å². The van der Waals surface area contributed by atoms with E-state index in [2.05, 4.69) is 29.5 Å². The number of rotatable bonds is 6. The topological polar surface area (TPSA) is 63.2 Å². The van der Waals surface area contributed by atoms with Crippen LogP contribution in [0.4, 0.5) is 4.79 Å². The molecular formula is C14H23N3O2S. The van der Waals surface area contributed by atoms with Crippen LogP contribution in [-0.2, 0) is 4.74 Å². The number of nitrogens with one attached hydrogen (secondary N) is 2. The number of urea groups is 1. The van der Waals surface area contributed by atoms with Crippen LogP contribution in [0.1, 0.15) is 44.0 Å². The first kappa shape index (κ1) is 15.3. The Morgan fingerprint density at radius 1 is 1.65 bits per heavy atom. The van der Waals surface area contributed by atoms with Gasteiger partial charge in [-0.2, -0.15) is 0 Å². The van der Waals surface area contributed by atoms with Crippen molar-refractivity contribution >= 4 is 17.4 Å². The molecule has 1 aliphatic heterocycles. The van der Waals surface area contributed by atoms with Crippen molar-refractivity contribution < 1.29 is 9.53 Å². The van der Waals surface area contributed by atoms with Gasteiger partial charge in [-0.3, -0.25) is 0 Å². The number of ether oxygens (including phenoxy) is 1. The van der Waals surface area contributed by atoms with Crippen molar-refractivity contribution in [1.82, 2.24) is 15.6 Å². The number of aromatic nitrogens is 1. The van der Waals surface area contributed by atoms with Crippen molar-refractivity contribution in [2.75, 3.05) is 13.2 Å². The van der Waals surface area contributed by atoms with E-state index in [9.17, 15) is 4.79 Å². The molecule has 5 nitrogen and oxygen atoms in total. The quantitative estimate of drug-likeness (QED) is 0.848. The second kappa shape index (κ2) is 7.59. The Hall–Kier alpha value is -1.14. The molecule has 1 aromatic rings. The molecule has 0 saturated carbocycles. The number of carbonyl (C=O) groups is 1. The maximum Gasteiger partial charge on any atom is 0.315 e. The van der Waals surface area contributed by atoms with Gasteiger partial charge in [-0.1, -0.05) is 13.8 Å². The van der Waals surface area contributed by atoms with Crippen LogP contribution in [0.25, 0.3) is 0 Å². The lowest BCUT2D eigenvalue weighted by Crippen LogP contribution is -2.47. The van der Waals surface area contributed by atoms with E-state index in [0.717, 1.165) is 30.9 Å². The van der Waals surface area contributed by atoms with Crippen LogP contribution < -0.4 is 10.6 Å². The summed E-state index contributed by atoms with van der Waals surface area (Å²) in [6.45, 7) is 5.55. The molecule has 3 atom stereocenters. The monoisotopic (exact) mass is 297 g/mol. The van der Waals surface area contributed by atoms with Gasteiger partial charge in [-0.15, -0.1) is 11.3 Å². The lowest BCUT2D eigenvalue weighted by molar-refractivity contribution is 0.0796. The molecule has 20 heavy (non-hydrogen) atoms. The highest BCUT2D eigenvalue weighted by Gasteiger charge is 2.25. The fourth-order valence-electron chi connectivity index (χ4n) is 2.41. The van der Waals surface area contributed by atoms with Crippen LogP contribution in [0.3, 0.4) is 0 Å². The molecule has 2 N–H and O–H groups in total. The van der Waals surface area contributed by atoms with Gasteiger partial charge < -0.3 is 15.4 Å². The maximum atomic E-state index is 11.9. The smallest absolute Gasteiger partial charge is 0.315 e. The molecule has 2 amide bonds. The highest BCUT2D eigenvalue weighted by Crippen LogP contribution is 2.18. The van der Waals surface area contributed by atoms with Gasteiger partial charge in [0.15, 0.2) is 0 Å². The first-order valence-electron chi connectivity index (χ1n) is 7.26. The summed E-state index contributed by atoms with van der Waals surface area (Å²) >= 11 is 1.62. The molecule has 2 heterocycles. The molecule has 0 radical (unpaired) electrons. The maximum absolute atomic E-state index is 11.9. The van der Waals surface area contributed by atoms with Crippen molar-refractivity contribution in [1.29, 1.82) is 0 Å². The van der Waals surface area contributed by atoms with Gasteiger partial charge in [0, 0.05) is 30.6 Å². The summed E-state index contributed by atoms with van der Waals surface area (Å²) in [5.41, 5.74) is 0. The summed E-state index contributed by atoms with van der Waals surface area (Å²) in [5, 5.41) is 8.94. The lowest BCUT2D eigenvalue weighted by Gasteiger charge is -2.23. The first-order chi connectivity index (χ1) is 9.70. The molecule has 1 fully saturated rings. The molecule has 0 aliphatic carbocycles. The van der Waals surface area contributed by atoms with Gasteiger partial charge >= 0.3 is 6.03 Å². The Kier molecular flexibility index (Phi) is 5.79. The minimum absolute atomic E-state index is 0.104. The van der Waals surface area contributed by atoms with Crippen LogP contribution in [-0.4, -0.2) is 36.3 Å². The third-order valence-electron chi connectivity index (χ3n) is 3.61. The number of nitrogens with zero attached hydrogens (tertiary/aromatic N) is 1. The van der Waals surface area contributed by atoms with E-state index in [4.69, 9.17) is 4.74 Å². The van der Waals surface area contributed by atoms with Crippen LogP contribution in [0.2, 0.25) is 0 Å². The Labute approximate surface area is 124 Å². The normalized spacial score (nSPS) is 21.4. The van der Waals surface area contributed by atoms with Crippen molar-refractivity contribution in [2.24, 2.45) is 0 Å². The van der Waals surface area contributed by atoms with Gasteiger partial charge in [0.25, 0.3) is 0 Å². The molecule has 0 aromatic carbocycles. The van der Waals surface area contributed by atoms with E-state index in [1.165, 1.54) is 0 Å². The SMILES string of the molecule is CC[C@H](NC(=O)NC[C@H](C)c1nccs1)[C@@H]1CCCO1. The average Bonchev–Trinajstić information content (AvgIpc) is 3.14. The lowest BCUT2D eigenvalue weighted by atomic mass is 10.1. The highest BCUT2D eigenvalue weighted by molar-refractivity contribution is 7.09. The van der Waals surface area contributed by atoms with Gasteiger partial charge in [-0.05, 0) is 19.3 Å². The average molecular weight is 297 g/mol. The van der Waals surface area contributed by atoms with Crippen molar-refractivity contribution in [3.8, 4) is 0 Å². The summed E-state index contributed by atoms with van der Waals surface area (Å²) in [6, 6.07) is -0.0107. The molecule has 1 aliphatic rings. The Bertz CT molecular complexity index is 405. The minimum Gasteiger partial charge on any atom is -0.376 e. The number of amides is 2. The number of carbonyl (C=O) groups excluding carboxylic acids is 1. The largest absolute Gasteiger partial charge is 0.376 e. The highest BCUT2D eigenvalue weighted by atomic mass is 32.1. The van der Waals surface area contributed by atoms with Crippen molar-refractivity contribution in [3.05, 3.63) is 16.6 Å². The minimum atomic E-state index is -0.115. The number of thiazole rings is 1. The molecule has 1 saturated heterocycles. The van der Waals surface area contributed by atoms with Gasteiger partial charge in [0.2, 0.25) is 0 Å². The fourth-order valence-corrected chi connectivity index (χ4v) is 3.11. The van der Waals surface area contributed by atoms with E-state index < -0.39 is 0 Å². The zero-order valence-electron chi connectivity index (χ0n) is 12.1. The van der Waals surface area contributed by atoms with Crippen LogP contribution in [0.5, 0.6) is 0 Å². The van der Waals surface area contributed by atoms with Gasteiger partial charge in [0.1, 0.15) is 0 Å². The first-order valence-corrected chi connectivity index (χ1v) is 8.14. The summed E-state index contributed by atoms with van der Waals surface area (Å²) in [5.74, 6) is 0.239. The van der Waals surface area contributed by atoms with E-state index in [1.807, 2.05) is 5.38 Å². The zero-order valence-corrected chi connectivity index (χ0v) is 12.9. The van der Waals surface area contributed by atoms with Gasteiger partial charge in [0.05, 0.1) is 17.2 Å². The molecule has 1 aromatic heterocycles. The second-order valence-corrected chi connectivity index (χ2v) is 6.12. The standard InChI is InChI=1S/C14H23N3O2S/c1-3-11(12-5-4-7-19-12)17-14(18)16-9-10(2)13-15-6-8-20-13/h6,8,10-12H,3-5,7,9H2,1-2H3,(H2,16,17,18)/t10-,11-,12-/m0/s1. The van der Waals surface area contributed by atoms with Gasteiger partial charge in [-0.25, -0.2) is 9.78 Å². The summed E-state index contributed by atoms with van der Waals surface area (Å²) in [6.07, 6.45) is 4.98. The molecule has 2 rings (SSSR count). The molecular weight excluding hydrogens is 274 g/mol. The third-order valence-corrected chi connectivity index (χ3v) is 4.62. The predicted molar refractivity (Wildman–Crippen MR) is 80.1 cm³/mol. The van der Waals surface area contributed by atoms with E-state index in [0.29, 0.717) is 6.54 Å². The number of hydrogen-bond acceptors (Lipinski definition) is 4. The molecule has 0 spiro atoms. The molecule has 0 unspecified atom stereocenters. The van der Waals surface area contributed by atoms with E-state index in [1.54, 1.807) is 17.5 Å². The molecule has 112 valence electrons. The number of hydrogen-bond donors (Lipinski definition) is 2. The molecule has 0 bridgehead atoms. The Balaban J connectivity index is 1.73.